The highest BCUT2D eigenvalue weighted by Gasteiger charge is 2.22. The number of amides is 1. The molecule has 19 heavy (non-hydrogen) atoms. The fourth-order valence-electron chi connectivity index (χ4n) is 1.68. The molecule has 0 unspecified atom stereocenters. The molecule has 1 aromatic heterocycles. The van der Waals surface area contributed by atoms with Gasteiger partial charge in [-0.3, -0.25) is 14.9 Å². The van der Waals surface area contributed by atoms with E-state index < -0.39 is 4.92 Å². The SMILES string of the molecule is Cc1nc(NCCC(=O)NC2CC2)ccc1[N+](=O)[O-]. The van der Waals surface area contributed by atoms with Crippen molar-refractivity contribution in [2.45, 2.75) is 32.2 Å². The van der Waals surface area contributed by atoms with Gasteiger partial charge in [-0.15, -0.1) is 0 Å². The molecule has 1 amide bonds. The van der Waals surface area contributed by atoms with E-state index in [-0.39, 0.29) is 11.6 Å². The zero-order chi connectivity index (χ0) is 13.8. The minimum atomic E-state index is -0.463. The largest absolute Gasteiger partial charge is 0.370 e. The molecule has 2 N–H and O–H groups in total. The van der Waals surface area contributed by atoms with Crippen molar-refractivity contribution in [3.05, 3.63) is 27.9 Å². The summed E-state index contributed by atoms with van der Waals surface area (Å²) in [5, 5.41) is 16.5. The van der Waals surface area contributed by atoms with Crippen LogP contribution in [-0.2, 0) is 4.79 Å². The Labute approximate surface area is 110 Å². The van der Waals surface area contributed by atoms with Crippen LogP contribution in [0.2, 0.25) is 0 Å². The third-order valence-corrected chi connectivity index (χ3v) is 2.86. The minimum Gasteiger partial charge on any atom is -0.370 e. The first kappa shape index (κ1) is 13.3. The van der Waals surface area contributed by atoms with Gasteiger partial charge in [0.2, 0.25) is 5.91 Å². The van der Waals surface area contributed by atoms with Gasteiger partial charge in [-0.25, -0.2) is 4.98 Å². The zero-order valence-electron chi connectivity index (χ0n) is 10.7. The maximum Gasteiger partial charge on any atom is 0.290 e. The molecule has 1 fully saturated rings. The second kappa shape index (κ2) is 5.64. The molecule has 0 radical (unpaired) electrons. The van der Waals surface area contributed by atoms with Crippen LogP contribution in [0.15, 0.2) is 12.1 Å². The molecule has 0 bridgehead atoms. The second-order valence-electron chi connectivity index (χ2n) is 4.58. The number of carbonyl (C=O) groups excluding carboxylic acids is 1. The molecule has 0 spiro atoms. The number of carbonyl (C=O) groups is 1. The van der Waals surface area contributed by atoms with E-state index >= 15 is 0 Å². The molecule has 1 saturated carbocycles. The molecule has 0 aliphatic heterocycles. The van der Waals surface area contributed by atoms with Crippen molar-refractivity contribution < 1.29 is 9.72 Å². The molecule has 1 aliphatic rings. The van der Waals surface area contributed by atoms with Gasteiger partial charge in [-0.2, -0.15) is 0 Å². The van der Waals surface area contributed by atoms with E-state index in [0.29, 0.717) is 30.5 Å². The summed E-state index contributed by atoms with van der Waals surface area (Å²) in [4.78, 5) is 25.7. The highest BCUT2D eigenvalue weighted by Crippen LogP contribution is 2.19. The van der Waals surface area contributed by atoms with E-state index in [2.05, 4.69) is 15.6 Å². The number of hydrogen-bond acceptors (Lipinski definition) is 5. The van der Waals surface area contributed by atoms with Crippen LogP contribution < -0.4 is 10.6 Å². The van der Waals surface area contributed by atoms with Crippen molar-refractivity contribution >= 4 is 17.4 Å². The van der Waals surface area contributed by atoms with Gasteiger partial charge in [0.1, 0.15) is 11.5 Å². The molecule has 1 heterocycles. The van der Waals surface area contributed by atoms with Crippen LogP contribution in [0.25, 0.3) is 0 Å². The summed E-state index contributed by atoms with van der Waals surface area (Å²) in [6.45, 7) is 2.05. The molecule has 7 heteroatoms. The summed E-state index contributed by atoms with van der Waals surface area (Å²) < 4.78 is 0. The number of nitro groups is 1. The summed E-state index contributed by atoms with van der Waals surface area (Å²) in [5.74, 6) is 0.566. The number of nitrogens with one attached hydrogen (secondary N) is 2. The van der Waals surface area contributed by atoms with E-state index in [1.807, 2.05) is 0 Å². The second-order valence-corrected chi connectivity index (χ2v) is 4.58. The van der Waals surface area contributed by atoms with E-state index in [1.54, 1.807) is 13.0 Å². The summed E-state index contributed by atoms with van der Waals surface area (Å²) in [6.07, 6.45) is 2.51. The van der Waals surface area contributed by atoms with Gasteiger partial charge in [-0.1, -0.05) is 0 Å². The maximum absolute atomic E-state index is 11.4. The molecular formula is C12H16N4O3. The van der Waals surface area contributed by atoms with Gasteiger partial charge in [0, 0.05) is 25.1 Å². The first-order chi connectivity index (χ1) is 9.06. The monoisotopic (exact) mass is 264 g/mol. The van der Waals surface area contributed by atoms with Crippen LogP contribution >= 0.6 is 0 Å². The molecule has 2 rings (SSSR count). The van der Waals surface area contributed by atoms with Gasteiger partial charge in [0.05, 0.1) is 4.92 Å². The highest BCUT2D eigenvalue weighted by molar-refractivity contribution is 5.77. The fourth-order valence-corrected chi connectivity index (χ4v) is 1.68. The van der Waals surface area contributed by atoms with Crippen molar-refractivity contribution in [2.75, 3.05) is 11.9 Å². The predicted molar refractivity (Wildman–Crippen MR) is 69.9 cm³/mol. The van der Waals surface area contributed by atoms with Gasteiger partial charge in [0.25, 0.3) is 5.69 Å². The summed E-state index contributed by atoms with van der Waals surface area (Å²) >= 11 is 0. The Morgan fingerprint density at radius 1 is 1.53 bits per heavy atom. The van der Waals surface area contributed by atoms with Crippen molar-refractivity contribution in [1.82, 2.24) is 10.3 Å². The van der Waals surface area contributed by atoms with Crippen LogP contribution in [0, 0.1) is 17.0 Å². The normalized spacial score (nSPS) is 13.9. The summed E-state index contributed by atoms with van der Waals surface area (Å²) in [6, 6.07) is 3.33. The zero-order valence-corrected chi connectivity index (χ0v) is 10.7. The standard InChI is InChI=1S/C12H16N4O3/c1-8-10(16(18)19)4-5-11(14-8)13-7-6-12(17)15-9-2-3-9/h4-5,9H,2-3,6-7H2,1H3,(H,13,14)(H,15,17). The van der Waals surface area contributed by atoms with Gasteiger partial charge >= 0.3 is 0 Å². The van der Waals surface area contributed by atoms with E-state index in [9.17, 15) is 14.9 Å². The van der Waals surface area contributed by atoms with Crippen LogP contribution in [-0.4, -0.2) is 28.4 Å². The molecule has 0 atom stereocenters. The number of nitrogens with zero attached hydrogens (tertiary/aromatic N) is 2. The Hall–Kier alpha value is -2.18. The molecule has 0 aromatic carbocycles. The lowest BCUT2D eigenvalue weighted by Crippen LogP contribution is -2.27. The fraction of sp³-hybridized carbons (Fsp3) is 0.500. The highest BCUT2D eigenvalue weighted by atomic mass is 16.6. The van der Waals surface area contributed by atoms with Crippen molar-refractivity contribution in [1.29, 1.82) is 0 Å². The van der Waals surface area contributed by atoms with Crippen LogP contribution in [0.5, 0.6) is 0 Å². The number of aryl methyl sites for hydroxylation is 1. The molecule has 102 valence electrons. The number of anilines is 1. The average molecular weight is 264 g/mol. The Morgan fingerprint density at radius 2 is 2.26 bits per heavy atom. The van der Waals surface area contributed by atoms with E-state index in [0.717, 1.165) is 12.8 Å². The van der Waals surface area contributed by atoms with Gasteiger partial charge in [0.15, 0.2) is 0 Å². The summed E-state index contributed by atoms with van der Waals surface area (Å²) in [5.41, 5.74) is 0.356. The first-order valence-corrected chi connectivity index (χ1v) is 6.21. The quantitative estimate of drug-likeness (QED) is 0.597. The number of pyridine rings is 1. The Bertz CT molecular complexity index is 500. The smallest absolute Gasteiger partial charge is 0.290 e. The third-order valence-electron chi connectivity index (χ3n) is 2.86. The maximum atomic E-state index is 11.4. The van der Waals surface area contributed by atoms with Gasteiger partial charge < -0.3 is 10.6 Å². The Morgan fingerprint density at radius 3 is 2.84 bits per heavy atom. The molecule has 0 saturated heterocycles. The minimum absolute atomic E-state index is 0.00275. The molecular weight excluding hydrogens is 248 g/mol. The lowest BCUT2D eigenvalue weighted by molar-refractivity contribution is -0.385. The molecule has 1 aliphatic carbocycles. The number of rotatable bonds is 6. The van der Waals surface area contributed by atoms with Crippen LogP contribution in [0.3, 0.4) is 0 Å². The Balaban J connectivity index is 1.80. The molecule has 7 nitrogen and oxygen atoms in total. The summed E-state index contributed by atoms with van der Waals surface area (Å²) in [7, 11) is 0. The van der Waals surface area contributed by atoms with E-state index in [1.165, 1.54) is 6.07 Å². The van der Waals surface area contributed by atoms with Crippen molar-refractivity contribution in [3.63, 3.8) is 0 Å². The predicted octanol–water partition coefficient (Wildman–Crippen LogP) is 1.38. The number of hydrogen-bond donors (Lipinski definition) is 2. The first-order valence-electron chi connectivity index (χ1n) is 6.21. The average Bonchev–Trinajstić information content (AvgIpc) is 3.12. The van der Waals surface area contributed by atoms with Gasteiger partial charge in [-0.05, 0) is 25.8 Å². The van der Waals surface area contributed by atoms with E-state index in [4.69, 9.17) is 0 Å². The Kier molecular flexibility index (Phi) is 3.94. The van der Waals surface area contributed by atoms with Crippen LogP contribution in [0.1, 0.15) is 25.0 Å². The lowest BCUT2D eigenvalue weighted by Gasteiger charge is -2.06. The topological polar surface area (TPSA) is 97.2 Å². The van der Waals surface area contributed by atoms with Crippen LogP contribution in [0.4, 0.5) is 11.5 Å². The van der Waals surface area contributed by atoms with Crippen molar-refractivity contribution in [2.24, 2.45) is 0 Å². The molecule has 1 aromatic rings. The third kappa shape index (κ3) is 3.90. The lowest BCUT2D eigenvalue weighted by atomic mass is 10.3. The number of aromatic nitrogens is 1. The van der Waals surface area contributed by atoms with Crippen molar-refractivity contribution in [3.8, 4) is 0 Å².